The number of nitrogens with zero attached hydrogens (tertiary/aromatic N) is 2. The molecule has 30 heavy (non-hydrogen) atoms. The van der Waals surface area contributed by atoms with Crippen LogP contribution in [-0.2, 0) is 0 Å². The largest absolute Gasteiger partial charge is 0.347 e. The van der Waals surface area contributed by atoms with Crippen molar-refractivity contribution in [1.29, 1.82) is 0 Å². The monoisotopic (exact) mass is 433 g/mol. The smallest absolute Gasteiger partial charge is 0.251 e. The Morgan fingerprint density at radius 1 is 1.20 bits per heavy atom. The molecule has 0 saturated carbocycles. The van der Waals surface area contributed by atoms with E-state index in [1.165, 1.54) is 12.1 Å². The van der Waals surface area contributed by atoms with Gasteiger partial charge >= 0.3 is 0 Å². The SMILES string of the molecule is C=NC.CC=NC.CCC(C)(C)NC(=O)c1cc(C)cc(-c2ccc(Cl)c(F)c2)c1. The number of hydrogen-bond donors (Lipinski definition) is 1. The molecule has 0 radical (unpaired) electrons. The Hall–Kier alpha value is -2.53. The summed E-state index contributed by atoms with van der Waals surface area (Å²) in [5.41, 5.74) is 2.72. The molecule has 0 aromatic heterocycles. The van der Waals surface area contributed by atoms with E-state index in [9.17, 15) is 9.18 Å². The van der Waals surface area contributed by atoms with Gasteiger partial charge < -0.3 is 15.3 Å². The lowest BCUT2D eigenvalue weighted by Gasteiger charge is -2.24. The Bertz CT molecular complexity index is 860. The number of aryl methyl sites for hydroxylation is 1. The van der Waals surface area contributed by atoms with E-state index in [4.69, 9.17) is 11.6 Å². The van der Waals surface area contributed by atoms with E-state index in [2.05, 4.69) is 22.0 Å². The highest BCUT2D eigenvalue weighted by molar-refractivity contribution is 6.30. The van der Waals surface area contributed by atoms with Crippen molar-refractivity contribution in [2.45, 2.75) is 46.6 Å². The van der Waals surface area contributed by atoms with E-state index in [-0.39, 0.29) is 16.5 Å². The summed E-state index contributed by atoms with van der Waals surface area (Å²) >= 11 is 5.73. The van der Waals surface area contributed by atoms with Crippen LogP contribution >= 0.6 is 11.6 Å². The number of rotatable bonds is 4. The number of amides is 1. The number of carbonyl (C=O) groups is 1. The van der Waals surface area contributed by atoms with Crippen LogP contribution in [0.5, 0.6) is 0 Å². The van der Waals surface area contributed by atoms with E-state index in [1.807, 2.05) is 46.8 Å². The molecule has 0 aliphatic carbocycles. The molecule has 0 spiro atoms. The number of carbonyl (C=O) groups excluding carboxylic acids is 1. The Morgan fingerprint density at radius 2 is 1.77 bits per heavy atom. The van der Waals surface area contributed by atoms with Crippen molar-refractivity contribution in [3.05, 3.63) is 58.4 Å². The number of benzene rings is 2. The lowest BCUT2D eigenvalue weighted by molar-refractivity contribution is 0.0911. The van der Waals surface area contributed by atoms with Crippen molar-refractivity contribution in [3.63, 3.8) is 0 Å². The zero-order valence-corrected chi connectivity index (χ0v) is 19.8. The van der Waals surface area contributed by atoms with Crippen LogP contribution in [-0.4, -0.2) is 38.5 Å². The third-order valence-corrected chi connectivity index (χ3v) is 4.49. The fourth-order valence-corrected chi connectivity index (χ4v) is 2.34. The van der Waals surface area contributed by atoms with Gasteiger partial charge in [0.15, 0.2) is 0 Å². The second-order valence-corrected chi connectivity index (χ2v) is 7.65. The molecule has 6 heteroatoms. The molecule has 0 saturated heterocycles. The normalized spacial score (nSPS) is 10.4. The van der Waals surface area contributed by atoms with Crippen LogP contribution in [0, 0.1) is 12.7 Å². The van der Waals surface area contributed by atoms with Crippen molar-refractivity contribution in [3.8, 4) is 11.1 Å². The summed E-state index contributed by atoms with van der Waals surface area (Å²) in [6, 6.07) is 10.2. The maximum absolute atomic E-state index is 13.7. The Kier molecular flexibility index (Phi) is 12.5. The van der Waals surface area contributed by atoms with Crippen LogP contribution < -0.4 is 5.32 Å². The lowest BCUT2D eigenvalue weighted by Crippen LogP contribution is -2.42. The molecule has 0 fully saturated rings. The number of nitrogens with one attached hydrogen (secondary N) is 1. The summed E-state index contributed by atoms with van der Waals surface area (Å²) in [7, 11) is 3.39. The van der Waals surface area contributed by atoms with E-state index < -0.39 is 5.82 Å². The van der Waals surface area contributed by atoms with Crippen molar-refractivity contribution in [2.24, 2.45) is 9.98 Å². The minimum Gasteiger partial charge on any atom is -0.347 e. The van der Waals surface area contributed by atoms with E-state index in [0.717, 1.165) is 17.5 Å². The minimum atomic E-state index is -0.469. The van der Waals surface area contributed by atoms with Gasteiger partial charge in [0.1, 0.15) is 5.82 Å². The molecule has 2 rings (SSSR count). The lowest BCUT2D eigenvalue weighted by atomic mass is 9.98. The Labute approximate surface area is 185 Å². The molecular weight excluding hydrogens is 401 g/mol. The molecule has 1 amide bonds. The zero-order chi connectivity index (χ0) is 23.3. The summed E-state index contributed by atoms with van der Waals surface area (Å²) in [4.78, 5) is 19.3. The maximum Gasteiger partial charge on any atom is 0.251 e. The second kappa shape index (κ2) is 13.6. The number of halogens is 2. The summed E-state index contributed by atoms with van der Waals surface area (Å²) in [5, 5.41) is 3.10. The first kappa shape index (κ1) is 27.5. The maximum atomic E-state index is 13.7. The number of hydrogen-bond acceptors (Lipinski definition) is 3. The Balaban J connectivity index is 0.00000105. The van der Waals surface area contributed by atoms with Crippen molar-refractivity contribution in [1.82, 2.24) is 5.32 Å². The first-order chi connectivity index (χ1) is 14.0. The summed E-state index contributed by atoms with van der Waals surface area (Å²) in [6.45, 7) is 12.9. The fraction of sp³-hybridized carbons (Fsp3) is 0.375. The Morgan fingerprint density at radius 3 is 2.23 bits per heavy atom. The average Bonchev–Trinajstić information content (AvgIpc) is 2.70. The molecule has 2 aromatic rings. The molecule has 2 aromatic carbocycles. The van der Waals surface area contributed by atoms with Gasteiger partial charge in [-0.15, -0.1) is 0 Å². The highest BCUT2D eigenvalue weighted by Gasteiger charge is 2.19. The number of aliphatic imine (C=N–C) groups is 2. The molecule has 0 unspecified atom stereocenters. The van der Waals surface area contributed by atoms with Crippen LogP contribution in [0.2, 0.25) is 5.02 Å². The molecule has 164 valence electrons. The molecule has 0 aliphatic rings. The van der Waals surface area contributed by atoms with Gasteiger partial charge in [-0.25, -0.2) is 4.39 Å². The predicted molar refractivity (Wildman–Crippen MR) is 129 cm³/mol. The van der Waals surface area contributed by atoms with Crippen LogP contribution in [0.3, 0.4) is 0 Å². The van der Waals surface area contributed by atoms with Gasteiger partial charge in [0.05, 0.1) is 5.02 Å². The topological polar surface area (TPSA) is 53.8 Å². The molecule has 0 bridgehead atoms. The molecule has 1 N–H and O–H groups in total. The molecular formula is C24H33ClFN3O. The predicted octanol–water partition coefficient (Wildman–Crippen LogP) is 6.40. The highest BCUT2D eigenvalue weighted by Crippen LogP contribution is 2.26. The molecule has 4 nitrogen and oxygen atoms in total. The van der Waals surface area contributed by atoms with Gasteiger partial charge in [-0.2, -0.15) is 0 Å². The van der Waals surface area contributed by atoms with Gasteiger partial charge in [-0.05, 0) is 88.0 Å². The highest BCUT2D eigenvalue weighted by atomic mass is 35.5. The second-order valence-electron chi connectivity index (χ2n) is 7.24. The van der Waals surface area contributed by atoms with Gasteiger partial charge in [-0.3, -0.25) is 4.79 Å². The fourth-order valence-electron chi connectivity index (χ4n) is 2.22. The molecule has 0 aliphatic heterocycles. The standard InChI is InChI=1S/C19H21ClFNO.C3H7N.C2H5N/c1-5-19(3,4)22-18(23)15-9-12(2)8-14(10-15)13-6-7-16(20)17(21)11-13;1-3-4-2;1-3-2/h6-11H,5H2,1-4H3,(H,22,23);3H,1-2H3;1H2,2H3. The van der Waals surface area contributed by atoms with Crippen LogP contribution in [0.25, 0.3) is 11.1 Å². The van der Waals surface area contributed by atoms with Gasteiger partial charge in [0.2, 0.25) is 0 Å². The summed E-state index contributed by atoms with van der Waals surface area (Å²) in [5.74, 6) is -0.597. The van der Waals surface area contributed by atoms with E-state index in [1.54, 1.807) is 32.4 Å². The van der Waals surface area contributed by atoms with Gasteiger partial charge in [-0.1, -0.05) is 30.7 Å². The van der Waals surface area contributed by atoms with Crippen LogP contribution in [0.4, 0.5) is 4.39 Å². The molecule has 0 heterocycles. The van der Waals surface area contributed by atoms with Crippen LogP contribution in [0.15, 0.2) is 46.4 Å². The minimum absolute atomic E-state index is 0.0871. The van der Waals surface area contributed by atoms with E-state index in [0.29, 0.717) is 11.1 Å². The molecule has 0 atom stereocenters. The first-order valence-corrected chi connectivity index (χ1v) is 10.0. The quantitative estimate of drug-likeness (QED) is 0.557. The summed E-state index contributed by atoms with van der Waals surface area (Å²) in [6.07, 6.45) is 2.58. The van der Waals surface area contributed by atoms with Crippen LogP contribution in [0.1, 0.15) is 50.0 Å². The van der Waals surface area contributed by atoms with Crippen molar-refractivity contribution >= 4 is 30.4 Å². The van der Waals surface area contributed by atoms with Crippen molar-refractivity contribution < 1.29 is 9.18 Å². The third-order valence-electron chi connectivity index (χ3n) is 4.19. The van der Waals surface area contributed by atoms with Gasteiger partial charge in [0.25, 0.3) is 5.91 Å². The first-order valence-electron chi connectivity index (χ1n) is 9.66. The van der Waals surface area contributed by atoms with Gasteiger partial charge in [0, 0.05) is 25.2 Å². The third kappa shape index (κ3) is 9.79. The zero-order valence-electron chi connectivity index (χ0n) is 19.0. The summed E-state index contributed by atoms with van der Waals surface area (Å²) < 4.78 is 13.7. The average molecular weight is 434 g/mol. The van der Waals surface area contributed by atoms with Crippen molar-refractivity contribution in [2.75, 3.05) is 14.1 Å². The van der Waals surface area contributed by atoms with E-state index >= 15 is 0 Å².